The Labute approximate surface area is 157 Å². The molecule has 1 aliphatic rings. The number of hydrogen-bond acceptors (Lipinski definition) is 4. The van der Waals surface area contributed by atoms with E-state index in [1.807, 2.05) is 39.9 Å². The van der Waals surface area contributed by atoms with Crippen molar-refractivity contribution in [3.05, 3.63) is 62.9 Å². The standard InChI is InChI=1S/C18H15BrN2OS2/c19-13-8-16(23-10-13)17-20-15(11-24-17)18(22)21(14-6-7-14)9-12-4-2-1-3-5-12/h1-5,8,10-11,14H,6-7,9H2. The quantitative estimate of drug-likeness (QED) is 0.552. The molecule has 2 heterocycles. The van der Waals surface area contributed by atoms with Gasteiger partial charge in [0.2, 0.25) is 0 Å². The van der Waals surface area contributed by atoms with Crippen LogP contribution < -0.4 is 0 Å². The zero-order valence-corrected chi connectivity index (χ0v) is 16.0. The first kappa shape index (κ1) is 16.0. The molecule has 1 aliphatic carbocycles. The van der Waals surface area contributed by atoms with Gasteiger partial charge in [0.1, 0.15) is 10.7 Å². The number of aromatic nitrogens is 1. The summed E-state index contributed by atoms with van der Waals surface area (Å²) in [5, 5.41) is 4.82. The van der Waals surface area contributed by atoms with E-state index in [9.17, 15) is 4.79 Å². The molecule has 1 amide bonds. The molecule has 0 aliphatic heterocycles. The molecule has 0 bridgehead atoms. The highest BCUT2D eigenvalue weighted by atomic mass is 79.9. The topological polar surface area (TPSA) is 33.2 Å². The molecule has 0 spiro atoms. The molecule has 3 nitrogen and oxygen atoms in total. The summed E-state index contributed by atoms with van der Waals surface area (Å²) in [4.78, 5) is 20.6. The molecule has 1 saturated carbocycles. The highest BCUT2D eigenvalue weighted by Crippen LogP contribution is 2.34. The third kappa shape index (κ3) is 3.45. The van der Waals surface area contributed by atoms with E-state index in [0.717, 1.165) is 32.8 Å². The number of carbonyl (C=O) groups excluding carboxylic acids is 1. The number of carbonyl (C=O) groups is 1. The van der Waals surface area contributed by atoms with Gasteiger partial charge in [0.25, 0.3) is 5.91 Å². The number of halogens is 1. The predicted molar refractivity (Wildman–Crippen MR) is 102 cm³/mol. The summed E-state index contributed by atoms with van der Waals surface area (Å²) in [6.45, 7) is 0.655. The Balaban J connectivity index is 1.56. The summed E-state index contributed by atoms with van der Waals surface area (Å²) in [6, 6.07) is 12.6. The molecule has 3 aromatic rings. The van der Waals surface area contributed by atoms with E-state index >= 15 is 0 Å². The maximum atomic E-state index is 12.9. The lowest BCUT2D eigenvalue weighted by atomic mass is 10.2. The van der Waals surface area contributed by atoms with Crippen molar-refractivity contribution in [1.82, 2.24) is 9.88 Å². The molecule has 6 heteroatoms. The summed E-state index contributed by atoms with van der Waals surface area (Å²) in [5.74, 6) is 0.0412. The van der Waals surface area contributed by atoms with Gasteiger partial charge in [0.05, 0.1) is 4.88 Å². The van der Waals surface area contributed by atoms with Gasteiger partial charge < -0.3 is 4.90 Å². The minimum atomic E-state index is 0.0412. The van der Waals surface area contributed by atoms with Gasteiger partial charge in [0.15, 0.2) is 0 Å². The number of amides is 1. The monoisotopic (exact) mass is 418 g/mol. The van der Waals surface area contributed by atoms with E-state index in [2.05, 4.69) is 33.0 Å². The van der Waals surface area contributed by atoms with Gasteiger partial charge in [-0.25, -0.2) is 4.98 Å². The maximum absolute atomic E-state index is 12.9. The molecule has 0 N–H and O–H groups in total. The van der Waals surface area contributed by atoms with Crippen molar-refractivity contribution in [3.63, 3.8) is 0 Å². The average molecular weight is 419 g/mol. The van der Waals surface area contributed by atoms with E-state index in [4.69, 9.17) is 0 Å². The normalized spacial score (nSPS) is 13.9. The number of nitrogens with zero attached hydrogens (tertiary/aromatic N) is 2. The van der Waals surface area contributed by atoms with E-state index in [1.54, 1.807) is 11.3 Å². The van der Waals surface area contributed by atoms with Crippen molar-refractivity contribution in [1.29, 1.82) is 0 Å². The third-order valence-corrected chi connectivity index (χ3v) is 6.65. The van der Waals surface area contributed by atoms with Gasteiger partial charge in [-0.2, -0.15) is 0 Å². The molecule has 0 saturated heterocycles. The molecule has 122 valence electrons. The van der Waals surface area contributed by atoms with Crippen LogP contribution in [0.4, 0.5) is 0 Å². The number of rotatable bonds is 5. The van der Waals surface area contributed by atoms with E-state index in [-0.39, 0.29) is 5.91 Å². The summed E-state index contributed by atoms with van der Waals surface area (Å²) in [5.41, 5.74) is 1.72. The first-order valence-electron chi connectivity index (χ1n) is 7.75. The second-order valence-electron chi connectivity index (χ2n) is 5.82. The van der Waals surface area contributed by atoms with Crippen LogP contribution >= 0.6 is 38.6 Å². The van der Waals surface area contributed by atoms with E-state index in [1.165, 1.54) is 11.3 Å². The molecular formula is C18H15BrN2OS2. The van der Waals surface area contributed by atoms with Crippen molar-refractivity contribution in [2.24, 2.45) is 0 Å². The first-order valence-corrected chi connectivity index (χ1v) is 10.3. The molecule has 24 heavy (non-hydrogen) atoms. The Bertz CT molecular complexity index is 855. The Morgan fingerprint density at radius 3 is 2.67 bits per heavy atom. The second-order valence-corrected chi connectivity index (χ2v) is 8.50. The fourth-order valence-electron chi connectivity index (χ4n) is 2.59. The molecule has 0 unspecified atom stereocenters. The van der Waals surface area contributed by atoms with Crippen molar-refractivity contribution in [2.45, 2.75) is 25.4 Å². The summed E-state index contributed by atoms with van der Waals surface area (Å²) >= 11 is 6.63. The van der Waals surface area contributed by atoms with Gasteiger partial charge in [0, 0.05) is 27.8 Å². The van der Waals surface area contributed by atoms with E-state index in [0.29, 0.717) is 18.3 Å². The molecule has 1 fully saturated rings. The molecule has 0 atom stereocenters. The van der Waals surface area contributed by atoms with Crippen LogP contribution in [0.25, 0.3) is 9.88 Å². The van der Waals surface area contributed by atoms with Crippen molar-refractivity contribution in [2.75, 3.05) is 0 Å². The number of thiophene rings is 1. The van der Waals surface area contributed by atoms with Crippen LogP contribution in [-0.4, -0.2) is 21.8 Å². The number of benzene rings is 1. The highest BCUT2D eigenvalue weighted by Gasteiger charge is 2.34. The highest BCUT2D eigenvalue weighted by molar-refractivity contribution is 9.10. The summed E-state index contributed by atoms with van der Waals surface area (Å²) in [6.07, 6.45) is 2.18. The fourth-order valence-corrected chi connectivity index (χ4v) is 4.89. The van der Waals surface area contributed by atoms with Crippen molar-refractivity contribution < 1.29 is 4.79 Å². The summed E-state index contributed by atoms with van der Waals surface area (Å²) in [7, 11) is 0. The van der Waals surface area contributed by atoms with Gasteiger partial charge in [-0.1, -0.05) is 30.3 Å². The molecule has 1 aromatic carbocycles. The van der Waals surface area contributed by atoms with Crippen LogP contribution in [0.5, 0.6) is 0 Å². The minimum Gasteiger partial charge on any atom is -0.330 e. The number of thiazole rings is 1. The van der Waals surface area contributed by atoms with Crippen LogP contribution in [0, 0.1) is 0 Å². The summed E-state index contributed by atoms with van der Waals surface area (Å²) < 4.78 is 1.05. The number of hydrogen-bond donors (Lipinski definition) is 0. The maximum Gasteiger partial charge on any atom is 0.273 e. The van der Waals surface area contributed by atoms with Crippen LogP contribution in [0.15, 0.2) is 51.6 Å². The lowest BCUT2D eigenvalue weighted by molar-refractivity contribution is 0.0725. The molecular weight excluding hydrogens is 404 g/mol. The SMILES string of the molecule is O=C(c1csc(-c2cc(Br)cs2)n1)N(Cc1ccccc1)C1CC1. The van der Waals surface area contributed by atoms with Gasteiger partial charge in [-0.05, 0) is 40.4 Å². The largest absolute Gasteiger partial charge is 0.330 e. The molecule has 2 aromatic heterocycles. The Morgan fingerprint density at radius 1 is 1.21 bits per heavy atom. The molecule has 0 radical (unpaired) electrons. The van der Waals surface area contributed by atoms with Crippen LogP contribution in [0.2, 0.25) is 0 Å². The third-order valence-electron chi connectivity index (χ3n) is 3.95. The minimum absolute atomic E-state index is 0.0412. The van der Waals surface area contributed by atoms with Crippen molar-refractivity contribution in [3.8, 4) is 9.88 Å². The zero-order valence-electron chi connectivity index (χ0n) is 12.8. The lowest BCUT2D eigenvalue weighted by Gasteiger charge is -2.21. The van der Waals surface area contributed by atoms with E-state index < -0.39 is 0 Å². The zero-order chi connectivity index (χ0) is 16.5. The average Bonchev–Trinajstić information content (AvgIpc) is 3.15. The van der Waals surface area contributed by atoms with Crippen LogP contribution in [-0.2, 0) is 6.54 Å². The predicted octanol–water partition coefficient (Wildman–Crippen LogP) is 5.44. The smallest absolute Gasteiger partial charge is 0.273 e. The van der Waals surface area contributed by atoms with Gasteiger partial charge in [-0.3, -0.25) is 4.79 Å². The Morgan fingerprint density at radius 2 is 2.00 bits per heavy atom. The first-order chi connectivity index (χ1) is 11.7. The van der Waals surface area contributed by atoms with Crippen LogP contribution in [0.3, 0.4) is 0 Å². The second kappa shape index (κ2) is 6.78. The van der Waals surface area contributed by atoms with Crippen LogP contribution in [0.1, 0.15) is 28.9 Å². The van der Waals surface area contributed by atoms with Crippen molar-refractivity contribution >= 4 is 44.5 Å². The molecule has 4 rings (SSSR count). The fraction of sp³-hybridized carbons (Fsp3) is 0.222. The Hall–Kier alpha value is -1.50. The Kier molecular flexibility index (Phi) is 4.52. The van der Waals surface area contributed by atoms with Gasteiger partial charge >= 0.3 is 0 Å². The lowest BCUT2D eigenvalue weighted by Crippen LogP contribution is -2.32. The van der Waals surface area contributed by atoms with Gasteiger partial charge in [-0.15, -0.1) is 22.7 Å².